The minimum absolute atomic E-state index is 0.512. The molecule has 0 N–H and O–H groups in total. The molecule has 3 heterocycles. The van der Waals surface area contributed by atoms with E-state index in [2.05, 4.69) is 63.6 Å². The summed E-state index contributed by atoms with van der Waals surface area (Å²) in [7, 11) is 0. The first-order valence-electron chi connectivity index (χ1n) is 12.1. The van der Waals surface area contributed by atoms with Gasteiger partial charge < -0.3 is 14.0 Å². The van der Waals surface area contributed by atoms with Crippen molar-refractivity contribution in [1.82, 2.24) is 15.0 Å². The zero-order valence-electron chi connectivity index (χ0n) is 20.4. The van der Waals surface area contributed by atoms with Crippen molar-refractivity contribution >= 4 is 0 Å². The first-order chi connectivity index (χ1) is 17.2. The van der Waals surface area contributed by atoms with Gasteiger partial charge >= 0.3 is 0 Å². The van der Waals surface area contributed by atoms with Gasteiger partial charge in [-0.05, 0) is 60.4 Å². The van der Waals surface area contributed by atoms with Gasteiger partial charge in [0.2, 0.25) is 0 Å². The molecule has 0 aliphatic carbocycles. The maximum atomic E-state index is 6.17. The van der Waals surface area contributed by atoms with E-state index in [9.17, 15) is 0 Å². The monoisotopic (exact) mass is 469 g/mol. The quantitative estimate of drug-likeness (QED) is 0.403. The summed E-state index contributed by atoms with van der Waals surface area (Å²) in [4.78, 5) is 6.90. The summed E-state index contributed by atoms with van der Waals surface area (Å²) in [6, 6.07) is 21.2. The van der Waals surface area contributed by atoms with Crippen LogP contribution < -0.4 is 4.74 Å². The van der Waals surface area contributed by atoms with Gasteiger partial charge in [0.25, 0.3) is 0 Å². The number of fused-ring (bicyclic) bond motifs is 3. The molecule has 1 aliphatic rings. The molecule has 0 spiro atoms. The Balaban J connectivity index is 1.44. The SMILES string of the molecule is Cc1noc(C)c1-c1ccc2c(c1)Cc1cccc(c1)CN(Cc1ccccn1)CCOCCO2. The fourth-order valence-corrected chi connectivity index (χ4v) is 4.67. The number of hydrogen-bond donors (Lipinski definition) is 0. The van der Waals surface area contributed by atoms with Crippen LogP contribution in [0.4, 0.5) is 0 Å². The Morgan fingerprint density at radius 3 is 2.66 bits per heavy atom. The van der Waals surface area contributed by atoms with Crippen molar-refractivity contribution in [2.45, 2.75) is 33.4 Å². The Bertz CT molecular complexity index is 1250. The van der Waals surface area contributed by atoms with Crippen LogP contribution >= 0.6 is 0 Å². The number of benzene rings is 2. The fourth-order valence-electron chi connectivity index (χ4n) is 4.67. The molecule has 0 fully saturated rings. The number of hydrogen-bond acceptors (Lipinski definition) is 6. The molecule has 4 aromatic rings. The molecule has 0 saturated heterocycles. The molecule has 6 heteroatoms. The predicted octanol–water partition coefficient (Wildman–Crippen LogP) is 5.36. The molecule has 0 radical (unpaired) electrons. The highest BCUT2D eigenvalue weighted by atomic mass is 16.5. The highest BCUT2D eigenvalue weighted by molar-refractivity contribution is 5.69. The second-order valence-electron chi connectivity index (χ2n) is 9.01. The van der Waals surface area contributed by atoms with Crippen molar-refractivity contribution in [1.29, 1.82) is 0 Å². The highest BCUT2D eigenvalue weighted by Gasteiger charge is 2.16. The lowest BCUT2D eigenvalue weighted by Crippen LogP contribution is -2.28. The molecule has 2 aromatic heterocycles. The molecule has 6 nitrogen and oxygen atoms in total. The standard InChI is InChI=1S/C29H31N3O3/c1-21-29(22(2)35-31-21)25-9-10-28-26(18-25)17-23-6-5-7-24(16-23)19-32(12-13-33-14-15-34-28)20-27-8-3-4-11-30-27/h3-11,16,18H,12-15,17,19-20H2,1-2H3. The number of rotatable bonds is 3. The van der Waals surface area contributed by atoms with E-state index in [1.165, 1.54) is 11.1 Å². The molecule has 2 aromatic carbocycles. The first kappa shape index (κ1) is 23.3. The third-order valence-electron chi connectivity index (χ3n) is 6.32. The van der Waals surface area contributed by atoms with E-state index in [0.29, 0.717) is 19.8 Å². The normalized spacial score (nSPS) is 15.1. The molecule has 2 bridgehead atoms. The average Bonchev–Trinajstić information content (AvgIpc) is 3.20. The summed E-state index contributed by atoms with van der Waals surface area (Å²) >= 11 is 0. The molecule has 0 saturated carbocycles. The molecule has 5 rings (SSSR count). The third-order valence-corrected chi connectivity index (χ3v) is 6.32. The van der Waals surface area contributed by atoms with Crippen molar-refractivity contribution in [2.24, 2.45) is 0 Å². The number of nitrogens with zero attached hydrogens (tertiary/aromatic N) is 3. The van der Waals surface area contributed by atoms with E-state index in [0.717, 1.165) is 65.6 Å². The van der Waals surface area contributed by atoms with E-state index in [4.69, 9.17) is 14.0 Å². The zero-order chi connectivity index (χ0) is 24.0. The number of pyridine rings is 1. The maximum Gasteiger partial charge on any atom is 0.141 e. The second kappa shape index (κ2) is 10.8. The van der Waals surface area contributed by atoms with Gasteiger partial charge in [-0.15, -0.1) is 0 Å². The third kappa shape index (κ3) is 5.78. The lowest BCUT2D eigenvalue weighted by atomic mass is 9.96. The molecule has 0 unspecified atom stereocenters. The van der Waals surface area contributed by atoms with Crippen molar-refractivity contribution in [3.8, 4) is 16.9 Å². The molecular weight excluding hydrogens is 438 g/mol. The van der Waals surface area contributed by atoms with Crippen molar-refractivity contribution < 1.29 is 14.0 Å². The Morgan fingerprint density at radius 1 is 0.914 bits per heavy atom. The number of ether oxygens (including phenoxy) is 2. The van der Waals surface area contributed by atoms with Gasteiger partial charge in [-0.3, -0.25) is 9.88 Å². The topological polar surface area (TPSA) is 60.6 Å². The van der Waals surface area contributed by atoms with E-state index < -0.39 is 0 Å². The molecule has 0 amide bonds. The Hall–Kier alpha value is -3.48. The predicted molar refractivity (Wildman–Crippen MR) is 135 cm³/mol. The fraction of sp³-hybridized carbons (Fsp3) is 0.310. The van der Waals surface area contributed by atoms with Gasteiger partial charge in [0.05, 0.1) is 24.6 Å². The van der Waals surface area contributed by atoms with Gasteiger partial charge in [-0.1, -0.05) is 41.6 Å². The van der Waals surface area contributed by atoms with Gasteiger partial charge in [-0.25, -0.2) is 0 Å². The average molecular weight is 470 g/mol. The molecule has 1 aliphatic heterocycles. The summed E-state index contributed by atoms with van der Waals surface area (Å²) in [5, 5.41) is 4.13. The molecular formula is C29H31N3O3. The van der Waals surface area contributed by atoms with Gasteiger partial charge in [0.15, 0.2) is 0 Å². The molecule has 35 heavy (non-hydrogen) atoms. The van der Waals surface area contributed by atoms with Gasteiger partial charge in [-0.2, -0.15) is 0 Å². The summed E-state index contributed by atoms with van der Waals surface area (Å²) in [6.07, 6.45) is 2.63. The van der Waals surface area contributed by atoms with Crippen LogP contribution in [0, 0.1) is 13.8 Å². The lowest BCUT2D eigenvalue weighted by Gasteiger charge is -2.23. The van der Waals surface area contributed by atoms with Crippen molar-refractivity contribution in [3.05, 3.63) is 101 Å². The first-order valence-corrected chi connectivity index (χ1v) is 12.1. The minimum Gasteiger partial charge on any atom is -0.491 e. The smallest absolute Gasteiger partial charge is 0.141 e. The summed E-state index contributed by atoms with van der Waals surface area (Å²) in [5.74, 6) is 1.72. The van der Waals surface area contributed by atoms with Crippen LogP contribution in [0.3, 0.4) is 0 Å². The lowest BCUT2D eigenvalue weighted by molar-refractivity contribution is 0.0754. The molecule has 0 atom stereocenters. The van der Waals surface area contributed by atoms with E-state index in [1.54, 1.807) is 0 Å². The zero-order valence-corrected chi connectivity index (χ0v) is 20.4. The van der Waals surface area contributed by atoms with Crippen LogP contribution in [0.25, 0.3) is 11.1 Å². The van der Waals surface area contributed by atoms with E-state index in [1.807, 2.05) is 32.2 Å². The largest absolute Gasteiger partial charge is 0.491 e. The van der Waals surface area contributed by atoms with Crippen LogP contribution in [0.15, 0.2) is 71.4 Å². The van der Waals surface area contributed by atoms with E-state index >= 15 is 0 Å². The Morgan fingerprint density at radius 2 is 1.83 bits per heavy atom. The highest BCUT2D eigenvalue weighted by Crippen LogP contribution is 2.32. The van der Waals surface area contributed by atoms with Crippen LogP contribution in [0.5, 0.6) is 5.75 Å². The molecule has 180 valence electrons. The summed E-state index contributed by atoms with van der Waals surface area (Å²) in [5.41, 5.74) is 7.78. The maximum absolute atomic E-state index is 6.17. The van der Waals surface area contributed by atoms with Crippen LogP contribution in [-0.2, 0) is 24.2 Å². The van der Waals surface area contributed by atoms with Crippen molar-refractivity contribution in [3.63, 3.8) is 0 Å². The van der Waals surface area contributed by atoms with Crippen LogP contribution in [-0.4, -0.2) is 41.4 Å². The Labute approximate surface area is 206 Å². The van der Waals surface area contributed by atoms with Gasteiger partial charge in [0.1, 0.15) is 18.1 Å². The van der Waals surface area contributed by atoms with Crippen LogP contribution in [0.2, 0.25) is 0 Å². The minimum atomic E-state index is 0.512. The summed E-state index contributed by atoms with van der Waals surface area (Å²) in [6.45, 7) is 8.10. The van der Waals surface area contributed by atoms with Gasteiger partial charge in [0, 0.05) is 37.8 Å². The van der Waals surface area contributed by atoms with Crippen molar-refractivity contribution in [2.75, 3.05) is 26.4 Å². The number of aromatic nitrogens is 2. The second-order valence-corrected chi connectivity index (χ2v) is 9.01. The number of aryl methyl sites for hydroxylation is 2. The van der Waals surface area contributed by atoms with E-state index in [-0.39, 0.29) is 0 Å². The summed E-state index contributed by atoms with van der Waals surface area (Å²) < 4.78 is 17.5. The van der Waals surface area contributed by atoms with Crippen LogP contribution in [0.1, 0.15) is 33.8 Å². The Kier molecular flexibility index (Phi) is 7.21.